The molecule has 6 nitrogen and oxygen atoms in total. The predicted molar refractivity (Wildman–Crippen MR) is 117 cm³/mol. The molecule has 1 saturated carbocycles. The Balaban J connectivity index is 1.55. The van der Waals surface area contributed by atoms with Crippen molar-refractivity contribution in [2.45, 2.75) is 69.7 Å². The minimum Gasteiger partial charge on any atom is -0.481 e. The second-order valence-corrected chi connectivity index (χ2v) is 8.99. The van der Waals surface area contributed by atoms with Crippen molar-refractivity contribution in [3.63, 3.8) is 0 Å². The van der Waals surface area contributed by atoms with Crippen LogP contribution in [0.2, 0.25) is 5.02 Å². The van der Waals surface area contributed by atoms with Crippen molar-refractivity contribution < 1.29 is 9.53 Å². The third-order valence-corrected chi connectivity index (χ3v) is 6.51. The lowest BCUT2D eigenvalue weighted by molar-refractivity contribution is -0.119. The molecule has 2 aromatic rings. The van der Waals surface area contributed by atoms with Gasteiger partial charge in [0.15, 0.2) is 17.1 Å². The molecule has 1 aliphatic carbocycles. The maximum Gasteiger partial charge on any atom is 0.230 e. The van der Waals surface area contributed by atoms with Crippen molar-refractivity contribution in [3.05, 3.63) is 34.6 Å². The largest absolute Gasteiger partial charge is 0.481 e. The van der Waals surface area contributed by atoms with Gasteiger partial charge in [-0.05, 0) is 44.4 Å². The molecule has 0 unspecified atom stereocenters. The van der Waals surface area contributed by atoms with E-state index < -0.39 is 0 Å². The van der Waals surface area contributed by atoms with Crippen LogP contribution in [0, 0.1) is 6.92 Å². The molecule has 1 aliphatic rings. The molecular formula is C21H29ClN4O2S. The summed E-state index contributed by atoms with van der Waals surface area (Å²) in [5.41, 5.74) is 1.07. The number of aryl methyl sites for hydroxylation is 1. The molecule has 1 aromatic carbocycles. The number of hydrogen-bond donors (Lipinski definition) is 1. The first kappa shape index (κ1) is 22.0. The lowest BCUT2D eigenvalue weighted by Gasteiger charge is -2.16. The summed E-state index contributed by atoms with van der Waals surface area (Å²) in [7, 11) is 1.89. The molecule has 1 N–H and O–H groups in total. The van der Waals surface area contributed by atoms with E-state index in [4.69, 9.17) is 16.3 Å². The van der Waals surface area contributed by atoms with Gasteiger partial charge in [0.05, 0.1) is 10.8 Å². The highest BCUT2D eigenvalue weighted by molar-refractivity contribution is 7.99. The van der Waals surface area contributed by atoms with Crippen molar-refractivity contribution in [2.75, 3.05) is 5.75 Å². The third kappa shape index (κ3) is 6.12. The van der Waals surface area contributed by atoms with Crippen molar-refractivity contribution in [1.82, 2.24) is 20.1 Å². The van der Waals surface area contributed by atoms with Crippen LogP contribution in [0.25, 0.3) is 0 Å². The van der Waals surface area contributed by atoms with Crippen molar-refractivity contribution >= 4 is 29.3 Å². The number of halogens is 1. The molecule has 0 radical (unpaired) electrons. The van der Waals surface area contributed by atoms with Gasteiger partial charge >= 0.3 is 0 Å². The summed E-state index contributed by atoms with van der Waals surface area (Å²) in [4.78, 5) is 12.3. The Bertz CT molecular complexity index is 834. The third-order valence-electron chi connectivity index (χ3n) is 5.18. The molecule has 1 aromatic heterocycles. The van der Waals surface area contributed by atoms with Gasteiger partial charge in [0.2, 0.25) is 5.91 Å². The van der Waals surface area contributed by atoms with Crippen LogP contribution < -0.4 is 10.1 Å². The molecule has 158 valence electrons. The molecular weight excluding hydrogens is 408 g/mol. The van der Waals surface area contributed by atoms with E-state index in [0.717, 1.165) is 18.4 Å². The molecule has 1 heterocycles. The van der Waals surface area contributed by atoms with Gasteiger partial charge in [0.1, 0.15) is 5.75 Å². The van der Waals surface area contributed by atoms with E-state index in [1.165, 1.54) is 37.4 Å². The van der Waals surface area contributed by atoms with Crippen LogP contribution in [-0.4, -0.2) is 32.5 Å². The average Bonchev–Trinajstić information content (AvgIpc) is 2.87. The number of thioether (sulfide) groups is 1. The Morgan fingerprint density at radius 2 is 2.03 bits per heavy atom. The van der Waals surface area contributed by atoms with Crippen LogP contribution in [0.1, 0.15) is 62.9 Å². The SMILES string of the molecule is Cc1ccc(Cl)c(O[C@H](C)c2nnc(SCC(=O)NC3CCCCCC3)n2C)c1. The Morgan fingerprint density at radius 3 is 2.76 bits per heavy atom. The number of hydrogen-bond acceptors (Lipinski definition) is 5. The first-order chi connectivity index (χ1) is 13.9. The molecule has 1 fully saturated rings. The van der Waals surface area contributed by atoms with Gasteiger partial charge in [0, 0.05) is 13.1 Å². The quantitative estimate of drug-likeness (QED) is 0.496. The number of nitrogens with one attached hydrogen (secondary N) is 1. The molecule has 8 heteroatoms. The zero-order valence-corrected chi connectivity index (χ0v) is 18.9. The standard InChI is InChI=1S/C21H29ClN4O2S/c1-14-10-11-17(22)18(12-14)28-15(2)20-24-25-21(26(20)3)29-13-19(27)23-16-8-6-4-5-7-9-16/h10-12,15-16H,4-9,13H2,1-3H3,(H,23,27)/t15-/m1/s1. The lowest BCUT2D eigenvalue weighted by Crippen LogP contribution is -2.35. The molecule has 0 saturated heterocycles. The smallest absolute Gasteiger partial charge is 0.230 e. The lowest BCUT2D eigenvalue weighted by atomic mass is 10.1. The van der Waals surface area contributed by atoms with E-state index in [-0.39, 0.29) is 12.0 Å². The van der Waals surface area contributed by atoms with Gasteiger partial charge in [-0.2, -0.15) is 0 Å². The van der Waals surface area contributed by atoms with Crippen molar-refractivity contribution in [2.24, 2.45) is 7.05 Å². The number of nitrogens with zero attached hydrogens (tertiary/aromatic N) is 3. The fourth-order valence-corrected chi connectivity index (χ4v) is 4.46. The number of rotatable bonds is 7. The topological polar surface area (TPSA) is 69.0 Å². The highest BCUT2D eigenvalue weighted by atomic mass is 35.5. The van der Waals surface area contributed by atoms with E-state index in [1.807, 2.05) is 43.7 Å². The molecule has 0 bridgehead atoms. The number of aromatic nitrogens is 3. The fraction of sp³-hybridized carbons (Fsp3) is 0.571. The first-order valence-corrected chi connectivity index (χ1v) is 11.5. The maximum atomic E-state index is 12.3. The average molecular weight is 437 g/mol. The fourth-order valence-electron chi connectivity index (χ4n) is 3.57. The monoisotopic (exact) mass is 436 g/mol. The Hall–Kier alpha value is -1.73. The summed E-state index contributed by atoms with van der Waals surface area (Å²) in [6.07, 6.45) is 6.80. The summed E-state index contributed by atoms with van der Waals surface area (Å²) >= 11 is 7.63. The summed E-state index contributed by atoms with van der Waals surface area (Å²) in [5.74, 6) is 1.71. The highest BCUT2D eigenvalue weighted by Gasteiger charge is 2.20. The number of carbonyl (C=O) groups is 1. The van der Waals surface area contributed by atoms with Gasteiger partial charge in [-0.3, -0.25) is 4.79 Å². The molecule has 0 aliphatic heterocycles. The Kier molecular flexibility index (Phi) is 7.84. The first-order valence-electron chi connectivity index (χ1n) is 10.2. The van der Waals surface area contributed by atoms with Gasteiger partial charge in [-0.15, -0.1) is 10.2 Å². The van der Waals surface area contributed by atoms with E-state index in [2.05, 4.69) is 15.5 Å². The number of carbonyl (C=O) groups excluding carboxylic acids is 1. The minimum absolute atomic E-state index is 0.0577. The van der Waals surface area contributed by atoms with Crippen molar-refractivity contribution in [3.8, 4) is 5.75 Å². The van der Waals surface area contributed by atoms with Crippen LogP contribution in [-0.2, 0) is 11.8 Å². The van der Waals surface area contributed by atoms with E-state index >= 15 is 0 Å². The maximum absolute atomic E-state index is 12.3. The normalized spacial score (nSPS) is 16.3. The molecule has 3 rings (SSSR count). The van der Waals surface area contributed by atoms with E-state index in [9.17, 15) is 4.79 Å². The van der Waals surface area contributed by atoms with Crippen molar-refractivity contribution in [1.29, 1.82) is 0 Å². The molecule has 0 spiro atoms. The second-order valence-electron chi connectivity index (χ2n) is 7.64. The number of amides is 1. The van der Waals surface area contributed by atoms with Crippen LogP contribution in [0.15, 0.2) is 23.4 Å². The van der Waals surface area contributed by atoms with Crippen LogP contribution in [0.3, 0.4) is 0 Å². The summed E-state index contributed by atoms with van der Waals surface area (Å²) < 4.78 is 7.87. The number of benzene rings is 1. The van der Waals surface area contributed by atoms with Crippen LogP contribution in [0.5, 0.6) is 5.75 Å². The predicted octanol–water partition coefficient (Wildman–Crippen LogP) is 4.85. The molecule has 29 heavy (non-hydrogen) atoms. The van der Waals surface area contributed by atoms with Crippen LogP contribution >= 0.6 is 23.4 Å². The molecule has 1 amide bonds. The summed E-state index contributed by atoms with van der Waals surface area (Å²) in [6, 6.07) is 5.98. The highest BCUT2D eigenvalue weighted by Crippen LogP contribution is 2.30. The minimum atomic E-state index is -0.319. The van der Waals surface area contributed by atoms with Gasteiger partial charge < -0.3 is 14.6 Å². The zero-order valence-electron chi connectivity index (χ0n) is 17.3. The second kappa shape index (κ2) is 10.3. The Morgan fingerprint density at radius 1 is 1.31 bits per heavy atom. The zero-order chi connectivity index (χ0) is 20.8. The Labute approximate surface area is 181 Å². The van der Waals surface area contributed by atoms with Gasteiger partial charge in [0.25, 0.3) is 0 Å². The summed E-state index contributed by atoms with van der Waals surface area (Å²) in [5, 5.41) is 12.9. The van der Waals surface area contributed by atoms with E-state index in [1.54, 1.807) is 0 Å². The number of ether oxygens (including phenoxy) is 1. The van der Waals surface area contributed by atoms with Crippen LogP contribution in [0.4, 0.5) is 0 Å². The molecule has 1 atom stereocenters. The van der Waals surface area contributed by atoms with Gasteiger partial charge in [-0.25, -0.2) is 0 Å². The van der Waals surface area contributed by atoms with E-state index in [0.29, 0.717) is 33.5 Å². The summed E-state index contributed by atoms with van der Waals surface area (Å²) in [6.45, 7) is 3.90. The van der Waals surface area contributed by atoms with Gasteiger partial charge in [-0.1, -0.05) is 55.1 Å².